The molecule has 0 saturated carbocycles. The van der Waals surface area contributed by atoms with E-state index in [0.717, 1.165) is 56.6 Å². The number of aryl methyl sites for hydroxylation is 1. The normalized spacial score (nSPS) is 19.1. The highest BCUT2D eigenvalue weighted by molar-refractivity contribution is 7.91. The Kier molecular flexibility index (Phi) is 6.76. The van der Waals surface area contributed by atoms with Gasteiger partial charge in [-0.3, -0.25) is 0 Å². The predicted molar refractivity (Wildman–Crippen MR) is 115 cm³/mol. The molecule has 162 valence electrons. The molecule has 0 aromatic heterocycles. The quantitative estimate of drug-likeness (QED) is 0.694. The van der Waals surface area contributed by atoms with Crippen LogP contribution in [0.1, 0.15) is 58.4 Å². The number of sulfone groups is 1. The van der Waals surface area contributed by atoms with Gasteiger partial charge in [-0.1, -0.05) is 12.8 Å². The van der Waals surface area contributed by atoms with E-state index in [1.165, 1.54) is 6.42 Å². The summed E-state index contributed by atoms with van der Waals surface area (Å²) in [6.45, 7) is 8.16. The highest BCUT2D eigenvalue weighted by atomic mass is 32.2. The Morgan fingerprint density at radius 3 is 2.62 bits per heavy atom. The number of piperidine rings is 1. The van der Waals surface area contributed by atoms with Crippen LogP contribution in [-0.4, -0.2) is 50.4 Å². The molecule has 0 aliphatic carbocycles. The van der Waals surface area contributed by atoms with E-state index in [2.05, 4.69) is 5.32 Å². The summed E-state index contributed by atoms with van der Waals surface area (Å²) in [7, 11) is -3.04. The average molecular weight is 423 g/mol. The lowest BCUT2D eigenvalue weighted by Gasteiger charge is -2.33. The number of rotatable bonds is 6. The van der Waals surface area contributed by atoms with E-state index in [4.69, 9.17) is 4.74 Å². The molecule has 2 aliphatic heterocycles. The summed E-state index contributed by atoms with van der Waals surface area (Å²) in [5, 5.41) is 3.42. The predicted octanol–water partition coefficient (Wildman–Crippen LogP) is 4.25. The van der Waals surface area contributed by atoms with Crippen molar-refractivity contribution in [1.82, 2.24) is 4.90 Å². The van der Waals surface area contributed by atoms with Crippen molar-refractivity contribution in [2.45, 2.75) is 69.8 Å². The van der Waals surface area contributed by atoms with Gasteiger partial charge in [-0.25, -0.2) is 13.2 Å². The van der Waals surface area contributed by atoms with Gasteiger partial charge in [-0.2, -0.15) is 0 Å². The van der Waals surface area contributed by atoms with Crippen LogP contribution in [0.5, 0.6) is 0 Å². The molecule has 0 radical (unpaired) electrons. The van der Waals surface area contributed by atoms with Gasteiger partial charge in [0.05, 0.1) is 10.6 Å². The molecule has 1 fully saturated rings. The average Bonchev–Trinajstić information content (AvgIpc) is 2.95. The Balaban J connectivity index is 1.32. The lowest BCUT2D eigenvalue weighted by Crippen LogP contribution is -2.41. The number of likely N-dealkylation sites (tertiary alicyclic amines) is 1. The molecule has 1 amide bonds. The molecule has 1 aromatic carbocycles. The van der Waals surface area contributed by atoms with Crippen LogP contribution in [-0.2, 0) is 21.0 Å². The minimum absolute atomic E-state index is 0.192. The van der Waals surface area contributed by atoms with Gasteiger partial charge in [0.2, 0.25) is 0 Å². The van der Waals surface area contributed by atoms with Crippen LogP contribution in [0, 0.1) is 5.92 Å². The van der Waals surface area contributed by atoms with E-state index >= 15 is 0 Å². The van der Waals surface area contributed by atoms with Crippen molar-refractivity contribution in [2.24, 2.45) is 5.92 Å². The van der Waals surface area contributed by atoms with E-state index in [9.17, 15) is 13.2 Å². The molecule has 7 heteroatoms. The summed E-state index contributed by atoms with van der Waals surface area (Å²) in [5.74, 6) is 0.914. The van der Waals surface area contributed by atoms with Crippen molar-refractivity contribution in [1.29, 1.82) is 0 Å². The topological polar surface area (TPSA) is 75.7 Å². The van der Waals surface area contributed by atoms with Crippen molar-refractivity contribution in [2.75, 3.05) is 30.7 Å². The molecule has 0 unspecified atom stereocenters. The number of fused-ring (bicyclic) bond motifs is 1. The number of unbranched alkanes of at least 4 members (excludes halogenated alkanes) is 1. The van der Waals surface area contributed by atoms with Crippen LogP contribution < -0.4 is 5.32 Å². The first-order valence-corrected chi connectivity index (χ1v) is 12.4. The first-order chi connectivity index (χ1) is 13.6. The van der Waals surface area contributed by atoms with Crippen molar-refractivity contribution >= 4 is 21.6 Å². The standard InChI is InChI=1S/C22H34N2O4S/c1-22(2,3)28-21(25)24-13-9-17(10-14-24)6-4-5-12-23-19-7-8-20-18(16-19)11-15-29(20,26)27/h7-8,16-17,23H,4-6,9-15H2,1-3H3. The fourth-order valence-electron chi connectivity index (χ4n) is 4.06. The molecule has 0 bridgehead atoms. The number of benzene rings is 1. The van der Waals surface area contributed by atoms with E-state index in [1.54, 1.807) is 6.07 Å². The lowest BCUT2D eigenvalue weighted by atomic mass is 9.92. The Morgan fingerprint density at radius 1 is 1.21 bits per heavy atom. The first-order valence-electron chi connectivity index (χ1n) is 10.7. The van der Waals surface area contributed by atoms with E-state index in [0.29, 0.717) is 17.2 Å². The van der Waals surface area contributed by atoms with Gasteiger partial charge in [0.1, 0.15) is 5.60 Å². The number of hydrogen-bond donors (Lipinski definition) is 1. The van der Waals surface area contributed by atoms with Crippen LogP contribution in [0.25, 0.3) is 0 Å². The summed E-state index contributed by atoms with van der Waals surface area (Å²) in [6, 6.07) is 5.58. The molecule has 1 aromatic rings. The maximum atomic E-state index is 12.1. The molecule has 1 N–H and O–H groups in total. The number of amides is 1. The number of nitrogens with zero attached hydrogens (tertiary/aromatic N) is 1. The Hall–Kier alpha value is -1.76. The van der Waals surface area contributed by atoms with Crippen LogP contribution in [0.15, 0.2) is 23.1 Å². The molecular weight excluding hydrogens is 388 g/mol. The second-order valence-electron chi connectivity index (χ2n) is 9.22. The van der Waals surface area contributed by atoms with Crippen molar-refractivity contribution in [3.8, 4) is 0 Å². The van der Waals surface area contributed by atoms with E-state index in [1.807, 2.05) is 37.8 Å². The van der Waals surface area contributed by atoms with Gasteiger partial charge in [-0.05, 0) is 76.1 Å². The van der Waals surface area contributed by atoms with Gasteiger partial charge in [-0.15, -0.1) is 0 Å². The van der Waals surface area contributed by atoms with Crippen molar-refractivity contribution in [3.05, 3.63) is 23.8 Å². The zero-order valence-electron chi connectivity index (χ0n) is 17.9. The maximum Gasteiger partial charge on any atom is 0.410 e. The van der Waals surface area contributed by atoms with Crippen LogP contribution in [0.2, 0.25) is 0 Å². The van der Waals surface area contributed by atoms with Gasteiger partial charge < -0.3 is 15.0 Å². The fraction of sp³-hybridized carbons (Fsp3) is 0.682. The number of carbonyl (C=O) groups excluding carboxylic acids is 1. The Labute approximate surface area is 174 Å². The third kappa shape index (κ3) is 6.11. The number of ether oxygens (including phenoxy) is 1. The second kappa shape index (κ2) is 8.94. The van der Waals surface area contributed by atoms with Crippen LogP contribution >= 0.6 is 0 Å². The van der Waals surface area contributed by atoms with Crippen LogP contribution in [0.3, 0.4) is 0 Å². The second-order valence-corrected chi connectivity index (χ2v) is 11.3. The molecule has 6 nitrogen and oxygen atoms in total. The van der Waals surface area contributed by atoms with Gasteiger partial charge in [0, 0.05) is 25.3 Å². The molecule has 2 heterocycles. The van der Waals surface area contributed by atoms with Gasteiger partial charge in [0.25, 0.3) is 0 Å². The number of nitrogens with one attached hydrogen (secondary N) is 1. The zero-order valence-corrected chi connectivity index (χ0v) is 18.7. The maximum absolute atomic E-state index is 12.1. The van der Waals surface area contributed by atoms with Gasteiger partial charge >= 0.3 is 6.09 Å². The third-order valence-corrected chi connectivity index (χ3v) is 7.48. The fourth-order valence-corrected chi connectivity index (χ4v) is 5.61. The molecule has 29 heavy (non-hydrogen) atoms. The third-order valence-electron chi connectivity index (χ3n) is 5.67. The molecule has 0 atom stereocenters. The monoisotopic (exact) mass is 422 g/mol. The minimum atomic E-state index is -3.04. The number of hydrogen-bond acceptors (Lipinski definition) is 5. The van der Waals surface area contributed by atoms with E-state index in [-0.39, 0.29) is 11.8 Å². The van der Waals surface area contributed by atoms with E-state index < -0.39 is 15.4 Å². The highest BCUT2D eigenvalue weighted by Gasteiger charge is 2.27. The smallest absolute Gasteiger partial charge is 0.410 e. The van der Waals surface area contributed by atoms with Crippen molar-refractivity contribution in [3.63, 3.8) is 0 Å². The summed E-state index contributed by atoms with van der Waals surface area (Å²) in [4.78, 5) is 14.5. The summed E-state index contributed by atoms with van der Waals surface area (Å²) < 4.78 is 29.2. The van der Waals surface area contributed by atoms with Crippen molar-refractivity contribution < 1.29 is 17.9 Å². The Morgan fingerprint density at radius 2 is 1.93 bits per heavy atom. The number of carbonyl (C=O) groups is 1. The molecular formula is C22H34N2O4S. The molecule has 1 saturated heterocycles. The first kappa shape index (κ1) is 21.9. The molecule has 0 spiro atoms. The number of anilines is 1. The minimum Gasteiger partial charge on any atom is -0.444 e. The summed E-state index contributed by atoms with van der Waals surface area (Å²) in [6.07, 6.45) is 5.95. The highest BCUT2D eigenvalue weighted by Crippen LogP contribution is 2.28. The Bertz CT molecular complexity index is 822. The van der Waals surface area contributed by atoms with Crippen LogP contribution in [0.4, 0.5) is 10.5 Å². The zero-order chi connectivity index (χ0) is 21.1. The molecule has 2 aliphatic rings. The summed E-state index contributed by atoms with van der Waals surface area (Å²) in [5.41, 5.74) is 1.51. The largest absolute Gasteiger partial charge is 0.444 e. The lowest BCUT2D eigenvalue weighted by molar-refractivity contribution is 0.0180. The summed E-state index contributed by atoms with van der Waals surface area (Å²) >= 11 is 0. The SMILES string of the molecule is CC(C)(C)OC(=O)N1CCC(CCCCNc2ccc3c(c2)CCS3(=O)=O)CC1. The molecule has 3 rings (SSSR count). The van der Waals surface area contributed by atoms with Gasteiger partial charge in [0.15, 0.2) is 9.84 Å².